The summed E-state index contributed by atoms with van der Waals surface area (Å²) in [6.07, 6.45) is 3.69. The van der Waals surface area contributed by atoms with Crippen LogP contribution in [-0.4, -0.2) is 5.91 Å². The molecule has 0 atom stereocenters. The van der Waals surface area contributed by atoms with Gasteiger partial charge in [-0.05, 0) is 6.07 Å². The summed E-state index contributed by atoms with van der Waals surface area (Å²) in [5.74, 6) is 4.81. The molecule has 0 unspecified atom stereocenters. The lowest BCUT2D eigenvalue weighted by Crippen LogP contribution is -3.00. The van der Waals surface area contributed by atoms with E-state index >= 15 is 0 Å². The van der Waals surface area contributed by atoms with Crippen LogP contribution in [0.3, 0.4) is 0 Å². The van der Waals surface area contributed by atoms with Gasteiger partial charge in [0.25, 0.3) is 5.91 Å². The molecular weight excluding hydrogens is 250 g/mol. The number of hydrogen-bond acceptors (Lipinski definition) is 2. The van der Waals surface area contributed by atoms with Gasteiger partial charge < -0.3 is 12.4 Å². The molecule has 94 valence electrons. The molecule has 3 N–H and O–H groups in total. The third kappa shape index (κ3) is 3.55. The van der Waals surface area contributed by atoms with Gasteiger partial charge in [-0.15, -0.1) is 0 Å². The van der Waals surface area contributed by atoms with Crippen LogP contribution in [0.4, 0.5) is 0 Å². The quantitative estimate of drug-likeness (QED) is 0.282. The number of nitrogen functional groups attached to an aromatic ring is 1. The molecule has 1 aromatic carbocycles. The zero-order chi connectivity index (χ0) is 12.1. The number of carbonyl (C=O) groups excluding carboxylic acids is 1. The standard InChI is InChI=1S/C13H13N3O.ClH/c14-15-13(17)12-7-4-8-16(10-12)9-11-5-2-1-3-6-11;/h1-8,10H,9,14H2;1H. The predicted octanol–water partition coefficient (Wildman–Crippen LogP) is -2.37. The van der Waals surface area contributed by atoms with Crippen LogP contribution < -0.4 is 28.2 Å². The summed E-state index contributed by atoms with van der Waals surface area (Å²) in [6.45, 7) is 0.729. The van der Waals surface area contributed by atoms with Crippen LogP contribution in [0.15, 0.2) is 54.9 Å². The second-order valence-corrected chi connectivity index (χ2v) is 3.72. The molecule has 0 spiro atoms. The van der Waals surface area contributed by atoms with Gasteiger partial charge in [-0.3, -0.25) is 10.2 Å². The number of nitrogens with zero attached hydrogens (tertiary/aromatic N) is 1. The molecule has 1 aromatic heterocycles. The predicted molar refractivity (Wildman–Crippen MR) is 63.8 cm³/mol. The van der Waals surface area contributed by atoms with Crippen molar-refractivity contribution in [3.05, 3.63) is 66.0 Å². The van der Waals surface area contributed by atoms with Crippen molar-refractivity contribution in [3.63, 3.8) is 0 Å². The molecule has 4 nitrogen and oxygen atoms in total. The molecule has 0 bridgehead atoms. The van der Waals surface area contributed by atoms with E-state index in [0.29, 0.717) is 5.56 Å². The monoisotopic (exact) mass is 263 g/mol. The van der Waals surface area contributed by atoms with Crippen LogP contribution in [-0.2, 0) is 6.54 Å². The van der Waals surface area contributed by atoms with Gasteiger partial charge in [-0.2, -0.15) is 4.57 Å². The maximum Gasteiger partial charge on any atom is 0.271 e. The van der Waals surface area contributed by atoms with Crippen molar-refractivity contribution in [2.45, 2.75) is 6.54 Å². The Bertz CT molecular complexity index is 517. The minimum atomic E-state index is -0.285. The first-order valence-electron chi connectivity index (χ1n) is 5.33. The van der Waals surface area contributed by atoms with Crippen LogP contribution in [0.5, 0.6) is 0 Å². The summed E-state index contributed by atoms with van der Waals surface area (Å²) in [7, 11) is 0. The molecule has 0 aliphatic heterocycles. The summed E-state index contributed by atoms with van der Waals surface area (Å²) < 4.78 is 1.94. The van der Waals surface area contributed by atoms with Gasteiger partial charge in [0.15, 0.2) is 18.9 Å². The molecule has 18 heavy (non-hydrogen) atoms. The van der Waals surface area contributed by atoms with Crippen molar-refractivity contribution in [3.8, 4) is 0 Å². The Morgan fingerprint density at radius 3 is 2.56 bits per heavy atom. The van der Waals surface area contributed by atoms with Gasteiger partial charge in [0.2, 0.25) is 0 Å². The average molecular weight is 264 g/mol. The molecule has 0 aliphatic carbocycles. The van der Waals surface area contributed by atoms with Gasteiger partial charge in [0.05, 0.1) is 0 Å². The molecule has 1 heterocycles. The Kier molecular flexibility index (Phi) is 5.30. The smallest absolute Gasteiger partial charge is 0.271 e. The van der Waals surface area contributed by atoms with Crippen LogP contribution in [0, 0.1) is 0 Å². The third-order valence-corrected chi connectivity index (χ3v) is 2.46. The van der Waals surface area contributed by atoms with E-state index < -0.39 is 0 Å². The molecular formula is C13H14ClN3O. The number of nitrogens with one attached hydrogen (secondary N) is 1. The van der Waals surface area contributed by atoms with E-state index in [1.165, 1.54) is 5.56 Å². The summed E-state index contributed by atoms with van der Waals surface area (Å²) >= 11 is 0. The number of amides is 1. The largest absolute Gasteiger partial charge is 1.00 e. The minimum Gasteiger partial charge on any atom is -1.00 e. The lowest BCUT2D eigenvalue weighted by Gasteiger charge is -2.00. The fourth-order valence-electron chi connectivity index (χ4n) is 1.63. The van der Waals surface area contributed by atoms with E-state index in [0.717, 1.165) is 6.54 Å². The molecule has 0 saturated carbocycles. The maximum absolute atomic E-state index is 11.4. The summed E-state index contributed by atoms with van der Waals surface area (Å²) in [4.78, 5) is 11.4. The molecule has 1 amide bonds. The van der Waals surface area contributed by atoms with Gasteiger partial charge in [0, 0.05) is 11.6 Å². The Balaban J connectivity index is 0.00000162. The lowest BCUT2D eigenvalue weighted by atomic mass is 10.2. The molecule has 2 aromatic rings. The van der Waals surface area contributed by atoms with E-state index in [9.17, 15) is 4.79 Å². The molecule has 0 aliphatic rings. The first-order chi connectivity index (χ1) is 8.29. The maximum atomic E-state index is 11.4. The highest BCUT2D eigenvalue weighted by Gasteiger charge is 2.09. The number of halogens is 1. The van der Waals surface area contributed by atoms with Crippen LogP contribution in [0.2, 0.25) is 0 Å². The minimum absolute atomic E-state index is 0. The van der Waals surface area contributed by atoms with Crippen molar-refractivity contribution in [1.82, 2.24) is 5.43 Å². The van der Waals surface area contributed by atoms with Gasteiger partial charge in [-0.25, -0.2) is 5.84 Å². The number of hydrazine groups is 1. The normalized spacial score (nSPS) is 9.39. The molecule has 0 radical (unpaired) electrons. The zero-order valence-electron chi connectivity index (χ0n) is 9.71. The fraction of sp³-hybridized carbons (Fsp3) is 0.0769. The second-order valence-electron chi connectivity index (χ2n) is 3.72. The van der Waals surface area contributed by atoms with E-state index in [4.69, 9.17) is 5.84 Å². The first-order valence-corrected chi connectivity index (χ1v) is 5.33. The lowest BCUT2D eigenvalue weighted by molar-refractivity contribution is -0.688. The SMILES string of the molecule is NNC(=O)c1ccc[n+](Cc2ccccc2)c1.[Cl-]. The molecule has 0 fully saturated rings. The number of rotatable bonds is 3. The number of benzene rings is 1. The Morgan fingerprint density at radius 1 is 1.17 bits per heavy atom. The molecule has 0 saturated heterocycles. The number of aromatic nitrogens is 1. The zero-order valence-corrected chi connectivity index (χ0v) is 10.5. The van der Waals surface area contributed by atoms with E-state index in [1.807, 2.05) is 47.2 Å². The second kappa shape index (κ2) is 6.74. The Morgan fingerprint density at radius 2 is 1.89 bits per heavy atom. The van der Waals surface area contributed by atoms with Gasteiger partial charge >= 0.3 is 0 Å². The van der Waals surface area contributed by atoms with Crippen molar-refractivity contribution in [1.29, 1.82) is 0 Å². The van der Waals surface area contributed by atoms with E-state index in [-0.39, 0.29) is 18.3 Å². The topological polar surface area (TPSA) is 59.0 Å². The van der Waals surface area contributed by atoms with Crippen molar-refractivity contribution in [2.75, 3.05) is 0 Å². The summed E-state index contributed by atoms with van der Waals surface area (Å²) in [6, 6.07) is 13.6. The fourth-order valence-corrected chi connectivity index (χ4v) is 1.63. The molecule has 2 rings (SSSR count). The van der Waals surface area contributed by atoms with E-state index in [2.05, 4.69) is 5.43 Å². The van der Waals surface area contributed by atoms with Gasteiger partial charge in [0.1, 0.15) is 5.56 Å². The number of pyridine rings is 1. The first kappa shape index (κ1) is 14.2. The Hall–Kier alpha value is -1.91. The third-order valence-electron chi connectivity index (χ3n) is 2.46. The van der Waals surface area contributed by atoms with Gasteiger partial charge in [-0.1, -0.05) is 30.3 Å². The van der Waals surface area contributed by atoms with Crippen molar-refractivity contribution >= 4 is 5.91 Å². The highest BCUT2D eigenvalue weighted by molar-refractivity contribution is 5.93. The van der Waals surface area contributed by atoms with Crippen molar-refractivity contribution in [2.24, 2.45) is 5.84 Å². The summed E-state index contributed by atoms with van der Waals surface area (Å²) in [5.41, 5.74) is 3.85. The highest BCUT2D eigenvalue weighted by atomic mass is 35.5. The number of carbonyl (C=O) groups is 1. The highest BCUT2D eigenvalue weighted by Crippen LogP contribution is 1.99. The van der Waals surface area contributed by atoms with Crippen molar-refractivity contribution < 1.29 is 21.8 Å². The number of hydrogen-bond donors (Lipinski definition) is 2. The van der Waals surface area contributed by atoms with E-state index in [1.54, 1.807) is 12.3 Å². The number of nitrogens with two attached hydrogens (primary N) is 1. The summed E-state index contributed by atoms with van der Waals surface area (Å²) in [5, 5.41) is 0. The Labute approximate surface area is 112 Å². The van der Waals surface area contributed by atoms with Crippen LogP contribution in [0.1, 0.15) is 15.9 Å². The van der Waals surface area contributed by atoms with Crippen LogP contribution >= 0.6 is 0 Å². The molecule has 5 heteroatoms. The average Bonchev–Trinajstić information content (AvgIpc) is 2.39. The van der Waals surface area contributed by atoms with Crippen LogP contribution in [0.25, 0.3) is 0 Å².